The molecule has 0 unspecified atom stereocenters. The molecule has 0 aromatic carbocycles. The van der Waals surface area contributed by atoms with Crippen molar-refractivity contribution in [2.75, 3.05) is 0 Å². The third-order valence-electron chi connectivity index (χ3n) is 1.49. The molecule has 0 radical (unpaired) electrons. The quantitative estimate of drug-likeness (QED) is 0.689. The second kappa shape index (κ2) is 31.9. The molecular weight excluding hydrogens is 280 g/mol. The lowest BCUT2D eigenvalue weighted by Crippen LogP contribution is -2.01. The molecule has 4 heteroatoms. The summed E-state index contributed by atoms with van der Waals surface area (Å²) in [6.45, 7) is 17.9. The van der Waals surface area contributed by atoms with E-state index in [2.05, 4.69) is 27.7 Å². The average Bonchev–Trinajstić information content (AvgIpc) is 2.41. The van der Waals surface area contributed by atoms with E-state index in [1.807, 2.05) is 13.8 Å². The van der Waals surface area contributed by atoms with Crippen LogP contribution in [0.15, 0.2) is 0 Å². The summed E-state index contributed by atoms with van der Waals surface area (Å²) in [6.07, 6.45) is 3.83. The molecule has 0 N–H and O–H groups in total. The molecule has 22 heavy (non-hydrogen) atoms. The Balaban J connectivity index is -0.0000000563. The van der Waals surface area contributed by atoms with Crippen molar-refractivity contribution in [3.8, 4) is 0 Å². The van der Waals surface area contributed by atoms with Crippen molar-refractivity contribution < 1.29 is 19.2 Å². The van der Waals surface area contributed by atoms with Gasteiger partial charge in [0.05, 0.1) is 0 Å². The van der Waals surface area contributed by atoms with Crippen LogP contribution in [-0.2, 0) is 19.2 Å². The lowest BCUT2D eigenvalue weighted by atomic mass is 10.3. The van der Waals surface area contributed by atoms with Crippen LogP contribution < -0.4 is 0 Å². The third-order valence-corrected chi connectivity index (χ3v) is 1.49. The monoisotopic (exact) mass is 318 g/mol. The molecule has 0 saturated heterocycles. The molecule has 0 aliphatic rings. The highest BCUT2D eigenvalue weighted by Crippen LogP contribution is 1.72. The van der Waals surface area contributed by atoms with Crippen molar-refractivity contribution >= 4 is 23.1 Å². The maximum absolute atomic E-state index is 9.81. The van der Waals surface area contributed by atoms with E-state index in [0.717, 1.165) is 0 Å². The van der Waals surface area contributed by atoms with Crippen molar-refractivity contribution in [2.24, 2.45) is 0 Å². The Hall–Kier alpha value is -1.32. The van der Waals surface area contributed by atoms with Crippen LogP contribution in [-0.4, -0.2) is 23.1 Å². The number of ketones is 4. The van der Waals surface area contributed by atoms with Gasteiger partial charge in [-0.25, -0.2) is 0 Å². The van der Waals surface area contributed by atoms with Gasteiger partial charge in [-0.1, -0.05) is 54.4 Å². The average molecular weight is 318 g/mol. The van der Waals surface area contributed by atoms with Crippen LogP contribution >= 0.6 is 0 Å². The molecule has 4 nitrogen and oxygen atoms in total. The molecule has 0 saturated carbocycles. The number of carbonyl (C=O) groups excluding carboxylic acids is 4. The molecule has 0 fully saturated rings. The van der Waals surface area contributed by atoms with Gasteiger partial charge in [0.25, 0.3) is 0 Å². The highest BCUT2D eigenvalue weighted by Gasteiger charge is 1.94. The largest absolute Gasteiger partial charge is 0.300 e. The second-order valence-corrected chi connectivity index (χ2v) is 4.64. The fourth-order valence-electron chi connectivity index (χ4n) is 0. The van der Waals surface area contributed by atoms with Crippen LogP contribution in [0.4, 0.5) is 0 Å². The maximum Gasteiger partial charge on any atom is 0.195 e. The molecule has 0 aromatic heterocycles. The summed E-state index contributed by atoms with van der Waals surface area (Å²) < 4.78 is 0. The van der Waals surface area contributed by atoms with Gasteiger partial charge in [-0.05, 0) is 13.8 Å². The molecule has 0 atom stereocenters. The number of Topliss-reactive ketones (excluding diaryl/α,β-unsaturated/α-hetero) is 4. The standard InChI is InChI=1S/C4H6O2.2C4H8O.2C3H8/c1-3(5)4(2)6;2*1-3-4(2)5;2*1-3-2/h1-2H3;2*3H2,1-2H3;2*3H2,1-2H3. The van der Waals surface area contributed by atoms with Gasteiger partial charge in [0, 0.05) is 26.7 Å². The van der Waals surface area contributed by atoms with Crippen LogP contribution in [0.2, 0.25) is 0 Å². The van der Waals surface area contributed by atoms with E-state index in [1.165, 1.54) is 26.7 Å². The lowest BCUT2D eigenvalue weighted by molar-refractivity contribution is -0.134. The highest BCUT2D eigenvalue weighted by molar-refractivity contribution is 6.35. The first-order chi connectivity index (χ1) is 10.0. The Kier molecular flexibility index (Phi) is 47.2. The van der Waals surface area contributed by atoms with E-state index >= 15 is 0 Å². The smallest absolute Gasteiger partial charge is 0.195 e. The normalized spacial score (nSPS) is 7.18. The van der Waals surface area contributed by atoms with Gasteiger partial charge >= 0.3 is 0 Å². The summed E-state index contributed by atoms with van der Waals surface area (Å²) >= 11 is 0. The first-order valence-corrected chi connectivity index (χ1v) is 8.02. The number of hydrogen-bond donors (Lipinski definition) is 0. The van der Waals surface area contributed by atoms with Gasteiger partial charge < -0.3 is 9.59 Å². The van der Waals surface area contributed by atoms with Crippen molar-refractivity contribution in [2.45, 2.75) is 94.9 Å². The summed E-state index contributed by atoms with van der Waals surface area (Å²) in [5.74, 6) is -0.250. The molecular formula is C18H38O4. The minimum atomic E-state index is -0.380. The fourth-order valence-corrected chi connectivity index (χ4v) is 0. The van der Waals surface area contributed by atoms with Crippen molar-refractivity contribution in [1.82, 2.24) is 0 Å². The Bertz CT molecular complexity index is 240. The zero-order valence-electron chi connectivity index (χ0n) is 16.5. The Labute approximate surface area is 138 Å². The van der Waals surface area contributed by atoms with Crippen LogP contribution in [0, 0.1) is 0 Å². The van der Waals surface area contributed by atoms with Crippen molar-refractivity contribution in [3.63, 3.8) is 0 Å². The SMILES string of the molecule is CC(=O)C(C)=O.CCC.CCC.CCC(C)=O.CCC(C)=O. The van der Waals surface area contributed by atoms with Gasteiger partial charge in [0.15, 0.2) is 11.6 Å². The summed E-state index contributed by atoms with van der Waals surface area (Å²) in [5, 5.41) is 0. The van der Waals surface area contributed by atoms with Crippen molar-refractivity contribution in [1.29, 1.82) is 0 Å². The number of carbonyl (C=O) groups is 4. The second-order valence-electron chi connectivity index (χ2n) is 4.64. The third kappa shape index (κ3) is 131. The van der Waals surface area contributed by atoms with E-state index < -0.39 is 0 Å². The molecule has 0 heterocycles. The van der Waals surface area contributed by atoms with Crippen LogP contribution in [0.3, 0.4) is 0 Å². The van der Waals surface area contributed by atoms with Gasteiger partial charge in [0.2, 0.25) is 0 Å². The van der Waals surface area contributed by atoms with E-state index in [0.29, 0.717) is 12.8 Å². The first-order valence-electron chi connectivity index (χ1n) is 8.02. The van der Waals surface area contributed by atoms with Crippen LogP contribution in [0.25, 0.3) is 0 Å². The maximum atomic E-state index is 9.81. The van der Waals surface area contributed by atoms with E-state index in [9.17, 15) is 19.2 Å². The lowest BCUT2D eigenvalue weighted by Gasteiger charge is -1.73. The Morgan fingerprint density at radius 3 is 0.591 bits per heavy atom. The fraction of sp³-hybridized carbons (Fsp3) is 0.778. The summed E-state index contributed by atoms with van der Waals surface area (Å²) in [7, 11) is 0. The summed E-state index contributed by atoms with van der Waals surface area (Å²) in [5.41, 5.74) is 0. The van der Waals surface area contributed by atoms with E-state index in [4.69, 9.17) is 0 Å². The molecule has 0 aliphatic carbocycles. The first kappa shape index (κ1) is 32.6. The zero-order valence-corrected chi connectivity index (χ0v) is 16.5. The minimum absolute atomic E-state index is 0.255. The van der Waals surface area contributed by atoms with Gasteiger partial charge in [-0.2, -0.15) is 0 Å². The van der Waals surface area contributed by atoms with E-state index in [-0.39, 0.29) is 23.1 Å². The summed E-state index contributed by atoms with van der Waals surface area (Å²) in [6, 6.07) is 0. The van der Waals surface area contributed by atoms with Gasteiger partial charge in [-0.15, -0.1) is 0 Å². The Morgan fingerprint density at radius 2 is 0.591 bits per heavy atom. The predicted octanol–water partition coefficient (Wildman–Crippen LogP) is 4.97. The molecule has 134 valence electrons. The summed E-state index contributed by atoms with van der Waals surface area (Å²) in [4.78, 5) is 39.2. The van der Waals surface area contributed by atoms with Crippen LogP contribution in [0.1, 0.15) is 94.9 Å². The molecule has 0 aliphatic heterocycles. The molecule has 0 spiro atoms. The minimum Gasteiger partial charge on any atom is -0.300 e. The number of rotatable bonds is 3. The van der Waals surface area contributed by atoms with Crippen LogP contribution in [0.5, 0.6) is 0 Å². The van der Waals surface area contributed by atoms with Crippen molar-refractivity contribution in [3.05, 3.63) is 0 Å². The number of hydrogen-bond acceptors (Lipinski definition) is 4. The van der Waals surface area contributed by atoms with Gasteiger partial charge in [-0.3, -0.25) is 9.59 Å². The molecule has 0 rings (SSSR count). The molecule has 0 amide bonds. The van der Waals surface area contributed by atoms with Gasteiger partial charge in [0.1, 0.15) is 11.6 Å². The molecule has 0 bridgehead atoms. The predicted molar refractivity (Wildman–Crippen MR) is 95.2 cm³/mol. The topological polar surface area (TPSA) is 68.3 Å². The molecule has 0 aromatic rings. The zero-order chi connectivity index (χ0) is 19.1. The highest BCUT2D eigenvalue weighted by atomic mass is 16.2. The van der Waals surface area contributed by atoms with E-state index in [1.54, 1.807) is 13.8 Å². The Morgan fingerprint density at radius 1 is 0.500 bits per heavy atom.